The summed E-state index contributed by atoms with van der Waals surface area (Å²) in [6, 6.07) is 10.9. The van der Waals surface area contributed by atoms with Gasteiger partial charge in [0, 0.05) is 28.8 Å². The number of hydrogen-bond acceptors (Lipinski definition) is 5. The summed E-state index contributed by atoms with van der Waals surface area (Å²) in [5.74, 6) is 1.22. The SMILES string of the molecule is CC[NH+](CC(=O)Nc1ccc2c(c1)OCCO2)Cc1cc(=O)oc2c(C)c(C)ccc12. The highest BCUT2D eigenvalue weighted by molar-refractivity contribution is 5.92. The van der Waals surface area contributed by atoms with Crippen LogP contribution in [-0.4, -0.2) is 32.2 Å². The van der Waals surface area contributed by atoms with Crippen molar-refractivity contribution in [3.05, 3.63) is 63.5 Å². The van der Waals surface area contributed by atoms with Gasteiger partial charge in [-0.2, -0.15) is 0 Å². The molecular formula is C24H27N2O5+. The first-order valence-electron chi connectivity index (χ1n) is 10.5. The summed E-state index contributed by atoms with van der Waals surface area (Å²) in [6.07, 6.45) is 0. The summed E-state index contributed by atoms with van der Waals surface area (Å²) in [4.78, 5) is 25.9. The fourth-order valence-electron chi connectivity index (χ4n) is 3.81. The van der Waals surface area contributed by atoms with Crippen molar-refractivity contribution in [1.29, 1.82) is 0 Å². The molecule has 1 aromatic heterocycles. The predicted octanol–water partition coefficient (Wildman–Crippen LogP) is 2.22. The minimum absolute atomic E-state index is 0.104. The van der Waals surface area contributed by atoms with E-state index in [2.05, 4.69) is 5.32 Å². The number of carbonyl (C=O) groups excluding carboxylic acids is 1. The van der Waals surface area contributed by atoms with E-state index in [9.17, 15) is 9.59 Å². The Bertz CT molecular complexity index is 1180. The van der Waals surface area contributed by atoms with Crippen molar-refractivity contribution in [1.82, 2.24) is 0 Å². The largest absolute Gasteiger partial charge is 0.486 e. The summed E-state index contributed by atoms with van der Waals surface area (Å²) < 4.78 is 16.6. The predicted molar refractivity (Wildman–Crippen MR) is 118 cm³/mol. The Morgan fingerprint density at radius 1 is 1.06 bits per heavy atom. The van der Waals surface area contributed by atoms with Crippen LogP contribution in [0, 0.1) is 13.8 Å². The van der Waals surface area contributed by atoms with Crippen LogP contribution in [-0.2, 0) is 11.3 Å². The Morgan fingerprint density at radius 3 is 2.61 bits per heavy atom. The minimum atomic E-state index is -0.368. The molecule has 1 unspecified atom stereocenters. The maximum atomic E-state index is 12.7. The molecule has 3 aromatic rings. The van der Waals surface area contributed by atoms with Crippen molar-refractivity contribution in [3.8, 4) is 11.5 Å². The van der Waals surface area contributed by atoms with Gasteiger partial charge in [0.15, 0.2) is 18.0 Å². The van der Waals surface area contributed by atoms with E-state index in [0.717, 1.165) is 33.5 Å². The number of fused-ring (bicyclic) bond motifs is 2. The van der Waals surface area contributed by atoms with Crippen LogP contribution in [0.3, 0.4) is 0 Å². The first-order chi connectivity index (χ1) is 14.9. The number of amides is 1. The lowest BCUT2D eigenvalue weighted by molar-refractivity contribution is -0.903. The van der Waals surface area contributed by atoms with Crippen LogP contribution in [0.4, 0.5) is 5.69 Å². The van der Waals surface area contributed by atoms with Gasteiger partial charge >= 0.3 is 5.63 Å². The zero-order valence-corrected chi connectivity index (χ0v) is 18.0. The molecule has 1 aliphatic rings. The summed E-state index contributed by atoms with van der Waals surface area (Å²) in [5.41, 5.74) is 3.85. The zero-order valence-electron chi connectivity index (χ0n) is 18.0. The second-order valence-electron chi connectivity index (χ2n) is 7.84. The van der Waals surface area contributed by atoms with Crippen molar-refractivity contribution in [2.45, 2.75) is 27.3 Å². The third kappa shape index (κ3) is 4.56. The molecule has 0 bridgehead atoms. The van der Waals surface area contributed by atoms with Crippen LogP contribution in [0.25, 0.3) is 11.0 Å². The third-order valence-corrected chi connectivity index (χ3v) is 5.69. The molecule has 162 valence electrons. The van der Waals surface area contributed by atoms with Crippen LogP contribution < -0.4 is 25.3 Å². The summed E-state index contributed by atoms with van der Waals surface area (Å²) in [5, 5.41) is 3.85. The van der Waals surface area contributed by atoms with E-state index >= 15 is 0 Å². The molecule has 1 atom stereocenters. The first kappa shape index (κ1) is 20.9. The molecule has 31 heavy (non-hydrogen) atoms. The number of nitrogens with one attached hydrogen (secondary N) is 2. The van der Waals surface area contributed by atoms with Gasteiger partial charge in [0.2, 0.25) is 0 Å². The van der Waals surface area contributed by atoms with Crippen LogP contribution in [0.15, 0.2) is 45.6 Å². The average Bonchev–Trinajstić information content (AvgIpc) is 2.76. The summed E-state index contributed by atoms with van der Waals surface area (Å²) in [7, 11) is 0. The number of rotatable bonds is 6. The van der Waals surface area contributed by atoms with Gasteiger partial charge in [-0.3, -0.25) is 4.79 Å². The van der Waals surface area contributed by atoms with Crippen LogP contribution >= 0.6 is 0 Å². The molecule has 0 saturated carbocycles. The molecule has 4 rings (SSSR count). The molecule has 0 radical (unpaired) electrons. The van der Waals surface area contributed by atoms with Crippen molar-refractivity contribution in [2.24, 2.45) is 0 Å². The lowest BCUT2D eigenvalue weighted by Gasteiger charge is -2.20. The minimum Gasteiger partial charge on any atom is -0.486 e. The number of carbonyl (C=O) groups is 1. The van der Waals surface area contributed by atoms with Crippen LogP contribution in [0.1, 0.15) is 23.6 Å². The van der Waals surface area contributed by atoms with Crippen LogP contribution in [0.5, 0.6) is 11.5 Å². The zero-order chi connectivity index (χ0) is 22.0. The molecule has 2 aromatic carbocycles. The number of anilines is 1. The quantitative estimate of drug-likeness (QED) is 0.594. The molecule has 2 heterocycles. The Balaban J connectivity index is 1.49. The molecule has 0 fully saturated rings. The molecule has 0 spiro atoms. The highest BCUT2D eigenvalue weighted by Crippen LogP contribution is 2.32. The molecular weight excluding hydrogens is 396 g/mol. The van der Waals surface area contributed by atoms with E-state index in [4.69, 9.17) is 13.9 Å². The van der Waals surface area contributed by atoms with Gasteiger partial charge in [0.1, 0.15) is 25.3 Å². The monoisotopic (exact) mass is 423 g/mol. The van der Waals surface area contributed by atoms with E-state index < -0.39 is 0 Å². The van der Waals surface area contributed by atoms with Crippen LogP contribution in [0.2, 0.25) is 0 Å². The van der Waals surface area contributed by atoms with Crippen molar-refractivity contribution in [2.75, 3.05) is 31.6 Å². The van der Waals surface area contributed by atoms with Crippen molar-refractivity contribution < 1.29 is 23.6 Å². The van der Waals surface area contributed by atoms with Gasteiger partial charge < -0.3 is 24.1 Å². The van der Waals surface area contributed by atoms with Gasteiger partial charge in [-0.15, -0.1) is 0 Å². The Morgan fingerprint density at radius 2 is 1.84 bits per heavy atom. The second kappa shape index (κ2) is 8.81. The standard InChI is InChI=1S/C24H26N2O5/c1-4-26(13-17-11-23(28)31-24-16(3)15(2)5-7-19(17)24)14-22(27)25-18-6-8-20-21(12-18)30-10-9-29-20/h5-8,11-12H,4,9-10,13-14H2,1-3H3,(H,25,27)/p+1. The topological polar surface area (TPSA) is 82.2 Å². The number of ether oxygens (including phenoxy) is 2. The number of likely N-dealkylation sites (N-methyl/N-ethyl adjacent to an activating group) is 1. The highest BCUT2D eigenvalue weighted by Gasteiger charge is 2.18. The van der Waals surface area contributed by atoms with Gasteiger partial charge in [-0.1, -0.05) is 12.1 Å². The van der Waals surface area contributed by atoms with Gasteiger partial charge in [-0.05, 0) is 44.0 Å². The molecule has 1 amide bonds. The lowest BCUT2D eigenvalue weighted by atomic mass is 10.0. The van der Waals surface area contributed by atoms with E-state index in [1.54, 1.807) is 18.2 Å². The Hall–Kier alpha value is -3.32. The number of aryl methyl sites for hydroxylation is 2. The van der Waals surface area contributed by atoms with Crippen molar-refractivity contribution in [3.63, 3.8) is 0 Å². The number of hydrogen-bond donors (Lipinski definition) is 2. The molecule has 0 saturated heterocycles. The van der Waals surface area contributed by atoms with Gasteiger partial charge in [0.25, 0.3) is 5.91 Å². The fourth-order valence-corrected chi connectivity index (χ4v) is 3.81. The highest BCUT2D eigenvalue weighted by atomic mass is 16.6. The number of quaternary nitrogens is 1. The van der Waals surface area contributed by atoms with Crippen molar-refractivity contribution >= 4 is 22.6 Å². The lowest BCUT2D eigenvalue weighted by Crippen LogP contribution is -3.11. The molecule has 7 heteroatoms. The van der Waals surface area contributed by atoms with E-state index in [0.29, 0.717) is 42.5 Å². The maximum absolute atomic E-state index is 12.7. The fraction of sp³-hybridized carbons (Fsp3) is 0.333. The maximum Gasteiger partial charge on any atom is 0.336 e. The second-order valence-corrected chi connectivity index (χ2v) is 7.84. The Kier molecular flexibility index (Phi) is 5.95. The normalized spacial score (nSPS) is 13.8. The molecule has 1 aliphatic heterocycles. The smallest absolute Gasteiger partial charge is 0.336 e. The third-order valence-electron chi connectivity index (χ3n) is 5.69. The molecule has 7 nitrogen and oxygen atoms in total. The summed E-state index contributed by atoms with van der Waals surface area (Å²) >= 11 is 0. The molecule has 2 N–H and O–H groups in total. The summed E-state index contributed by atoms with van der Waals surface area (Å²) in [6.45, 7) is 8.56. The number of benzene rings is 2. The van der Waals surface area contributed by atoms with E-state index in [-0.39, 0.29) is 18.1 Å². The average molecular weight is 423 g/mol. The van der Waals surface area contributed by atoms with Gasteiger partial charge in [-0.25, -0.2) is 4.79 Å². The molecule has 0 aliphatic carbocycles. The first-order valence-corrected chi connectivity index (χ1v) is 10.5. The Labute approximate surface area is 180 Å². The van der Waals surface area contributed by atoms with Gasteiger partial charge in [0.05, 0.1) is 6.54 Å². The van der Waals surface area contributed by atoms with E-state index in [1.165, 1.54) is 6.07 Å². The van der Waals surface area contributed by atoms with E-state index in [1.807, 2.05) is 32.9 Å².